The number of aromatic nitrogens is 1. The number of nitrogens with zero attached hydrogens (tertiary/aromatic N) is 2. The molecule has 9 heteroatoms. The van der Waals surface area contributed by atoms with Crippen LogP contribution in [0.3, 0.4) is 0 Å². The molecule has 0 saturated heterocycles. The summed E-state index contributed by atoms with van der Waals surface area (Å²) in [5.74, 6) is -0.576. The summed E-state index contributed by atoms with van der Waals surface area (Å²) >= 11 is 1.23. The number of methoxy groups -OCH3 is 2. The summed E-state index contributed by atoms with van der Waals surface area (Å²) in [4.78, 5) is 42.8. The van der Waals surface area contributed by atoms with Crippen molar-refractivity contribution >= 4 is 35.4 Å². The third-order valence-corrected chi connectivity index (χ3v) is 6.52. The van der Waals surface area contributed by atoms with E-state index in [9.17, 15) is 14.4 Å². The van der Waals surface area contributed by atoms with E-state index in [2.05, 4.69) is 4.99 Å². The molecule has 0 bridgehead atoms. The summed E-state index contributed by atoms with van der Waals surface area (Å²) in [5.41, 5.74) is 1.97. The fourth-order valence-corrected chi connectivity index (χ4v) is 4.92. The highest BCUT2D eigenvalue weighted by Crippen LogP contribution is 2.36. The lowest BCUT2D eigenvalue weighted by Crippen LogP contribution is -2.39. The Morgan fingerprint density at radius 3 is 2.50 bits per heavy atom. The zero-order valence-corrected chi connectivity index (χ0v) is 21.0. The minimum absolute atomic E-state index is 0.229. The van der Waals surface area contributed by atoms with E-state index in [1.807, 2.05) is 42.5 Å². The van der Waals surface area contributed by atoms with Crippen LogP contribution in [0.5, 0.6) is 11.5 Å². The van der Waals surface area contributed by atoms with Gasteiger partial charge in [0.05, 0.1) is 36.1 Å². The first-order valence-electron chi connectivity index (χ1n) is 11.0. The van der Waals surface area contributed by atoms with Crippen molar-refractivity contribution in [1.29, 1.82) is 0 Å². The average molecular weight is 505 g/mol. The molecule has 8 nitrogen and oxygen atoms in total. The maximum absolute atomic E-state index is 13.5. The van der Waals surface area contributed by atoms with E-state index in [4.69, 9.17) is 14.2 Å². The van der Waals surface area contributed by atoms with Gasteiger partial charge in [0.2, 0.25) is 0 Å². The standard InChI is InChI=1S/C27H24N2O6S/c1-16-23(26(32)34-4)24(19-13-14-20(35-17(2)30)21(15-19)33-3)29-25(31)22(36-27(29)28-16)12-8-11-18-9-6-5-7-10-18/h5-15,24H,1-4H3/b11-8+,22-12-. The molecule has 36 heavy (non-hydrogen) atoms. The summed E-state index contributed by atoms with van der Waals surface area (Å²) in [5, 5.41) is 0. The van der Waals surface area contributed by atoms with Crippen molar-refractivity contribution in [1.82, 2.24) is 4.57 Å². The lowest BCUT2D eigenvalue weighted by atomic mass is 9.95. The topological polar surface area (TPSA) is 96.2 Å². The van der Waals surface area contributed by atoms with Crippen LogP contribution in [0.1, 0.15) is 31.0 Å². The molecule has 0 aliphatic carbocycles. The summed E-state index contributed by atoms with van der Waals surface area (Å²) in [6.45, 7) is 3.00. The third kappa shape index (κ3) is 4.92. The first-order chi connectivity index (χ1) is 17.3. The Morgan fingerprint density at radius 1 is 1.08 bits per heavy atom. The van der Waals surface area contributed by atoms with Crippen molar-refractivity contribution in [2.75, 3.05) is 14.2 Å². The van der Waals surface area contributed by atoms with Gasteiger partial charge in [-0.1, -0.05) is 59.9 Å². The smallest absolute Gasteiger partial charge is 0.338 e. The number of carbonyl (C=O) groups excluding carboxylic acids is 2. The molecule has 3 aromatic rings. The molecule has 1 atom stereocenters. The molecule has 0 amide bonds. The molecule has 1 aliphatic rings. The van der Waals surface area contributed by atoms with E-state index in [0.717, 1.165) is 5.56 Å². The van der Waals surface area contributed by atoms with E-state index in [0.29, 0.717) is 20.6 Å². The molecule has 2 heterocycles. The molecule has 2 aromatic carbocycles. The number of fused-ring (bicyclic) bond motifs is 1. The van der Waals surface area contributed by atoms with Gasteiger partial charge in [-0.3, -0.25) is 14.2 Å². The van der Waals surface area contributed by atoms with Crippen molar-refractivity contribution < 1.29 is 23.8 Å². The van der Waals surface area contributed by atoms with Crippen molar-refractivity contribution in [3.63, 3.8) is 0 Å². The number of rotatable bonds is 6. The number of hydrogen-bond donors (Lipinski definition) is 0. The summed E-state index contributed by atoms with van der Waals surface area (Å²) in [6.07, 6.45) is 5.44. The van der Waals surface area contributed by atoms with Crippen molar-refractivity contribution in [3.8, 4) is 11.5 Å². The Morgan fingerprint density at radius 2 is 1.83 bits per heavy atom. The van der Waals surface area contributed by atoms with Gasteiger partial charge in [-0.15, -0.1) is 0 Å². The minimum Gasteiger partial charge on any atom is -0.493 e. The molecule has 0 radical (unpaired) electrons. The molecule has 0 fully saturated rings. The number of hydrogen-bond acceptors (Lipinski definition) is 8. The lowest BCUT2D eigenvalue weighted by Gasteiger charge is -2.25. The van der Waals surface area contributed by atoms with Crippen LogP contribution < -0.4 is 24.4 Å². The van der Waals surface area contributed by atoms with Crippen molar-refractivity contribution in [2.45, 2.75) is 19.9 Å². The number of benzene rings is 2. The Labute approximate surface area is 211 Å². The zero-order chi connectivity index (χ0) is 25.8. The van der Waals surface area contributed by atoms with Gasteiger partial charge in [-0.25, -0.2) is 9.79 Å². The lowest BCUT2D eigenvalue weighted by molar-refractivity contribution is -0.136. The summed E-state index contributed by atoms with van der Waals surface area (Å²) in [7, 11) is 2.72. The number of esters is 2. The van der Waals surface area contributed by atoms with Gasteiger partial charge < -0.3 is 14.2 Å². The van der Waals surface area contributed by atoms with Gasteiger partial charge in [-0.2, -0.15) is 0 Å². The molecule has 0 saturated carbocycles. The maximum atomic E-state index is 13.5. The van der Waals surface area contributed by atoms with Crippen LogP contribution in [0.2, 0.25) is 0 Å². The average Bonchev–Trinajstić information content (AvgIpc) is 3.17. The number of allylic oxidation sites excluding steroid dienone is 2. The largest absolute Gasteiger partial charge is 0.493 e. The Kier molecular flexibility index (Phi) is 7.30. The van der Waals surface area contributed by atoms with Gasteiger partial charge >= 0.3 is 11.9 Å². The predicted molar refractivity (Wildman–Crippen MR) is 136 cm³/mol. The number of carbonyl (C=O) groups is 2. The number of thiazole rings is 1. The number of ether oxygens (including phenoxy) is 3. The van der Waals surface area contributed by atoms with Crippen LogP contribution in [-0.4, -0.2) is 30.7 Å². The summed E-state index contributed by atoms with van der Waals surface area (Å²) < 4.78 is 17.6. The van der Waals surface area contributed by atoms with Crippen LogP contribution in [0.4, 0.5) is 0 Å². The van der Waals surface area contributed by atoms with E-state index in [-0.39, 0.29) is 22.6 Å². The van der Waals surface area contributed by atoms with Crippen molar-refractivity contribution in [2.24, 2.45) is 4.99 Å². The van der Waals surface area contributed by atoms with Gasteiger partial charge in [-0.05, 0) is 36.3 Å². The normalized spacial score (nSPS) is 15.4. The minimum atomic E-state index is -0.811. The highest BCUT2D eigenvalue weighted by molar-refractivity contribution is 7.07. The molecular weight excluding hydrogens is 480 g/mol. The molecular formula is C27H24N2O6S. The highest BCUT2D eigenvalue weighted by atomic mass is 32.1. The van der Waals surface area contributed by atoms with Crippen LogP contribution >= 0.6 is 11.3 Å². The SMILES string of the molecule is COC(=O)C1=C(C)N=c2s/c(=C\C=C\c3ccccc3)c(=O)n2C1c1ccc(OC(C)=O)c(OC)c1. The molecule has 1 aliphatic heterocycles. The van der Waals surface area contributed by atoms with Crippen molar-refractivity contribution in [3.05, 3.63) is 96.7 Å². The summed E-state index contributed by atoms with van der Waals surface area (Å²) in [6, 6.07) is 13.8. The maximum Gasteiger partial charge on any atom is 0.338 e. The van der Waals surface area contributed by atoms with Gasteiger partial charge in [0.25, 0.3) is 5.56 Å². The van der Waals surface area contributed by atoms with Gasteiger partial charge in [0.15, 0.2) is 16.3 Å². The Hall–Kier alpha value is -4.24. The van der Waals surface area contributed by atoms with Crippen LogP contribution in [0, 0.1) is 0 Å². The molecule has 184 valence electrons. The third-order valence-electron chi connectivity index (χ3n) is 5.52. The Balaban J connectivity index is 1.88. The van der Waals surface area contributed by atoms with Crippen LogP contribution in [0.15, 0.2) is 75.7 Å². The predicted octanol–water partition coefficient (Wildman–Crippen LogP) is 3.01. The monoisotopic (exact) mass is 504 g/mol. The van der Waals surface area contributed by atoms with E-state index in [1.54, 1.807) is 31.2 Å². The second kappa shape index (κ2) is 10.6. The first kappa shape index (κ1) is 24.9. The Bertz CT molecular complexity index is 1560. The quantitative estimate of drug-likeness (QED) is 0.378. The second-order valence-corrected chi connectivity index (χ2v) is 8.88. The van der Waals surface area contributed by atoms with Gasteiger partial charge in [0, 0.05) is 6.92 Å². The van der Waals surface area contributed by atoms with E-state index in [1.165, 1.54) is 37.0 Å². The zero-order valence-electron chi connectivity index (χ0n) is 20.2. The fourth-order valence-electron chi connectivity index (χ4n) is 3.93. The molecule has 0 N–H and O–H groups in total. The first-order valence-corrected chi connectivity index (χ1v) is 11.8. The molecule has 4 rings (SSSR count). The highest BCUT2D eigenvalue weighted by Gasteiger charge is 2.33. The molecule has 0 spiro atoms. The fraction of sp³-hybridized carbons (Fsp3) is 0.185. The molecule has 1 unspecified atom stereocenters. The van der Waals surface area contributed by atoms with Gasteiger partial charge in [0.1, 0.15) is 0 Å². The van der Waals surface area contributed by atoms with E-state index < -0.39 is 18.0 Å². The second-order valence-electron chi connectivity index (χ2n) is 7.87. The molecule has 1 aromatic heterocycles. The van der Waals surface area contributed by atoms with E-state index >= 15 is 0 Å². The van der Waals surface area contributed by atoms with Crippen LogP contribution in [-0.2, 0) is 14.3 Å². The van der Waals surface area contributed by atoms with Crippen LogP contribution in [0.25, 0.3) is 12.2 Å².